The number of carbonyl (C=O) groups is 1. The number of nitrogens with zero attached hydrogens (tertiary/aromatic N) is 5. The second kappa shape index (κ2) is 9.69. The summed E-state index contributed by atoms with van der Waals surface area (Å²) in [7, 11) is 0. The Hall–Kier alpha value is -2.40. The molecule has 11 heteroatoms. The average molecular weight is 495 g/mol. The third-order valence-corrected chi connectivity index (χ3v) is 7.82. The molecule has 5 rings (SSSR count). The highest BCUT2D eigenvalue weighted by atomic mass is 32.1. The molecule has 2 fully saturated rings. The molecule has 0 spiro atoms. The van der Waals surface area contributed by atoms with Crippen molar-refractivity contribution in [2.24, 2.45) is 11.8 Å². The zero-order valence-corrected chi connectivity index (χ0v) is 19.7. The predicted octanol–water partition coefficient (Wildman–Crippen LogP) is 3.88. The van der Waals surface area contributed by atoms with Crippen molar-refractivity contribution in [3.8, 4) is 0 Å². The molecular weight excluding hydrogens is 465 g/mol. The van der Waals surface area contributed by atoms with E-state index in [1.54, 1.807) is 18.6 Å². The molecular formula is C23H29F3N6OS. The van der Waals surface area contributed by atoms with Crippen LogP contribution in [-0.4, -0.2) is 62.5 Å². The fourth-order valence-electron chi connectivity index (χ4n) is 5.00. The summed E-state index contributed by atoms with van der Waals surface area (Å²) in [6.45, 7) is 3.16. The molecule has 4 heterocycles. The van der Waals surface area contributed by atoms with Crippen LogP contribution in [0.1, 0.15) is 37.3 Å². The maximum absolute atomic E-state index is 12.9. The first kappa shape index (κ1) is 23.3. The first-order valence-corrected chi connectivity index (χ1v) is 12.7. The highest BCUT2D eigenvalue weighted by Gasteiger charge is 2.44. The van der Waals surface area contributed by atoms with Crippen LogP contribution in [-0.2, 0) is 17.9 Å². The van der Waals surface area contributed by atoms with Gasteiger partial charge in [-0.1, -0.05) is 0 Å². The molecule has 2 atom stereocenters. The molecule has 3 aromatic heterocycles. The highest BCUT2D eigenvalue weighted by Crippen LogP contribution is 2.41. The molecule has 7 nitrogen and oxygen atoms in total. The summed E-state index contributed by atoms with van der Waals surface area (Å²) < 4.78 is 42.8. The van der Waals surface area contributed by atoms with Gasteiger partial charge in [0.25, 0.3) is 0 Å². The first-order chi connectivity index (χ1) is 16.4. The van der Waals surface area contributed by atoms with Gasteiger partial charge in [-0.15, -0.1) is 11.3 Å². The van der Waals surface area contributed by atoms with Crippen molar-refractivity contribution in [3.63, 3.8) is 0 Å². The number of aromatic nitrogens is 4. The molecule has 1 aliphatic heterocycles. The number of nitrogens with one attached hydrogen (secondary N) is 1. The molecule has 1 amide bonds. The third kappa shape index (κ3) is 5.46. The van der Waals surface area contributed by atoms with Gasteiger partial charge in [-0.25, -0.2) is 4.98 Å². The second-order valence-electron chi connectivity index (χ2n) is 9.42. The maximum atomic E-state index is 12.9. The van der Waals surface area contributed by atoms with Gasteiger partial charge in [-0.3, -0.25) is 9.48 Å². The van der Waals surface area contributed by atoms with Crippen molar-refractivity contribution < 1.29 is 18.0 Å². The summed E-state index contributed by atoms with van der Waals surface area (Å²) in [6, 6.07) is 1.73. The molecule has 2 aliphatic rings. The van der Waals surface area contributed by atoms with E-state index in [0.717, 1.165) is 66.9 Å². The largest absolute Gasteiger partial charge is 0.408 e. The zero-order valence-electron chi connectivity index (χ0n) is 18.9. The summed E-state index contributed by atoms with van der Waals surface area (Å²) in [4.78, 5) is 18.8. The topological polar surface area (TPSA) is 68.0 Å². The van der Waals surface area contributed by atoms with E-state index in [-0.39, 0.29) is 17.7 Å². The Morgan fingerprint density at radius 2 is 2.09 bits per heavy atom. The van der Waals surface area contributed by atoms with Crippen molar-refractivity contribution in [1.82, 2.24) is 29.5 Å². The summed E-state index contributed by atoms with van der Waals surface area (Å²) in [6.07, 6.45) is 4.74. The van der Waals surface area contributed by atoms with Gasteiger partial charge >= 0.3 is 6.18 Å². The summed E-state index contributed by atoms with van der Waals surface area (Å²) in [5, 5.41) is 9.27. The molecule has 0 radical (unpaired) electrons. The summed E-state index contributed by atoms with van der Waals surface area (Å²) in [5.41, 5.74) is 1.39. The number of rotatable bonds is 9. The number of thiophene rings is 1. The number of alkyl halides is 3. The van der Waals surface area contributed by atoms with Gasteiger partial charge in [0.1, 0.15) is 6.54 Å². The normalized spacial score (nSPS) is 21.9. The van der Waals surface area contributed by atoms with E-state index in [0.29, 0.717) is 18.0 Å². The molecule has 0 bridgehead atoms. The van der Waals surface area contributed by atoms with E-state index in [4.69, 9.17) is 0 Å². The van der Waals surface area contributed by atoms with E-state index in [1.807, 2.05) is 16.1 Å². The van der Waals surface area contributed by atoms with Crippen LogP contribution in [0.25, 0.3) is 10.2 Å². The quantitative estimate of drug-likeness (QED) is 0.459. The lowest BCUT2D eigenvalue weighted by atomic mass is 9.93. The minimum Gasteiger partial charge on any atom is -0.356 e. The molecule has 184 valence electrons. The van der Waals surface area contributed by atoms with Crippen molar-refractivity contribution in [3.05, 3.63) is 35.9 Å². The van der Waals surface area contributed by atoms with E-state index >= 15 is 0 Å². The molecule has 34 heavy (non-hydrogen) atoms. The number of halogens is 3. The smallest absolute Gasteiger partial charge is 0.356 e. The molecule has 1 N–H and O–H groups in total. The molecule has 0 aromatic carbocycles. The SMILES string of the molecule is O=C(NCCCn1ccnc1)[C@H]1C[C@@H]1CN1CCC(c2nn(CC(F)(F)F)c3ccsc23)CC1. The number of amides is 1. The van der Waals surface area contributed by atoms with Gasteiger partial charge in [-0.2, -0.15) is 18.3 Å². The molecule has 1 saturated heterocycles. The van der Waals surface area contributed by atoms with Crippen molar-refractivity contribution in [2.75, 3.05) is 26.2 Å². The summed E-state index contributed by atoms with van der Waals surface area (Å²) >= 11 is 1.47. The van der Waals surface area contributed by atoms with Crippen LogP contribution < -0.4 is 5.32 Å². The van der Waals surface area contributed by atoms with Gasteiger partial charge < -0.3 is 14.8 Å². The first-order valence-electron chi connectivity index (χ1n) is 11.8. The molecule has 0 unspecified atom stereocenters. The maximum Gasteiger partial charge on any atom is 0.408 e. The van der Waals surface area contributed by atoms with Crippen LogP contribution in [0, 0.1) is 11.8 Å². The number of fused-ring (bicyclic) bond motifs is 1. The molecule has 1 aliphatic carbocycles. The van der Waals surface area contributed by atoms with Crippen LogP contribution in [0.5, 0.6) is 0 Å². The van der Waals surface area contributed by atoms with E-state index in [2.05, 4.69) is 20.3 Å². The van der Waals surface area contributed by atoms with Gasteiger partial charge in [-0.05, 0) is 56.1 Å². The third-order valence-electron chi connectivity index (χ3n) is 6.89. The monoisotopic (exact) mass is 494 g/mol. The number of hydrogen-bond acceptors (Lipinski definition) is 5. The Kier molecular flexibility index (Phi) is 6.65. The van der Waals surface area contributed by atoms with Gasteiger partial charge in [0.05, 0.1) is 22.2 Å². The lowest BCUT2D eigenvalue weighted by molar-refractivity contribution is -0.141. The van der Waals surface area contributed by atoms with Gasteiger partial charge in [0, 0.05) is 43.9 Å². The van der Waals surface area contributed by atoms with Crippen LogP contribution in [0.15, 0.2) is 30.2 Å². The van der Waals surface area contributed by atoms with Gasteiger partial charge in [0.2, 0.25) is 5.91 Å². The Bertz CT molecular complexity index is 1100. The van der Waals surface area contributed by atoms with E-state index in [1.165, 1.54) is 11.3 Å². The van der Waals surface area contributed by atoms with Crippen molar-refractivity contribution in [2.45, 2.75) is 50.9 Å². The standard InChI is InChI=1S/C23H29F3N6OS/c24-23(25,26)14-32-19-4-11-34-21(19)20(29-32)16-2-8-30(9-3-16)13-17-12-18(17)22(33)28-5-1-7-31-10-6-27-15-31/h4,6,10-11,15-18H,1-3,5,7-9,12-14H2,(H,28,33)/t17-,18+/m1/s1. The number of carbonyl (C=O) groups excluding carboxylic acids is 1. The van der Waals surface area contributed by atoms with Crippen LogP contribution in [0.2, 0.25) is 0 Å². The fraction of sp³-hybridized carbons (Fsp3) is 0.609. The molecule has 3 aromatic rings. The number of imidazole rings is 1. The number of hydrogen-bond donors (Lipinski definition) is 1. The minimum absolute atomic E-state index is 0.106. The van der Waals surface area contributed by atoms with Gasteiger partial charge in [0.15, 0.2) is 0 Å². The number of aryl methyl sites for hydroxylation is 1. The Labute approximate surface area is 199 Å². The average Bonchev–Trinajstić information content (AvgIpc) is 3.16. The zero-order chi connectivity index (χ0) is 23.7. The number of piperidine rings is 1. The van der Waals surface area contributed by atoms with Crippen molar-refractivity contribution >= 4 is 27.5 Å². The minimum atomic E-state index is -4.28. The Balaban J connectivity index is 1.06. The van der Waals surface area contributed by atoms with E-state index in [9.17, 15) is 18.0 Å². The Morgan fingerprint density at radius 3 is 2.82 bits per heavy atom. The second-order valence-corrected chi connectivity index (χ2v) is 10.3. The Morgan fingerprint density at radius 1 is 1.26 bits per heavy atom. The van der Waals surface area contributed by atoms with Crippen LogP contribution in [0.4, 0.5) is 13.2 Å². The number of likely N-dealkylation sites (tertiary alicyclic amines) is 1. The highest BCUT2D eigenvalue weighted by molar-refractivity contribution is 7.17. The van der Waals surface area contributed by atoms with Crippen LogP contribution >= 0.6 is 11.3 Å². The van der Waals surface area contributed by atoms with Crippen LogP contribution in [0.3, 0.4) is 0 Å². The predicted molar refractivity (Wildman–Crippen MR) is 124 cm³/mol. The van der Waals surface area contributed by atoms with E-state index < -0.39 is 12.7 Å². The lowest BCUT2D eigenvalue weighted by Crippen LogP contribution is -2.35. The lowest BCUT2D eigenvalue weighted by Gasteiger charge is -2.31. The van der Waals surface area contributed by atoms with Crippen molar-refractivity contribution in [1.29, 1.82) is 0 Å². The fourth-order valence-corrected chi connectivity index (χ4v) is 5.95. The summed E-state index contributed by atoms with van der Waals surface area (Å²) in [5.74, 6) is 0.844. The molecule has 1 saturated carbocycles.